The van der Waals surface area contributed by atoms with Crippen LogP contribution in [0, 0.1) is 6.92 Å². The summed E-state index contributed by atoms with van der Waals surface area (Å²) in [7, 11) is 0. The number of rotatable bonds is 4. The van der Waals surface area contributed by atoms with Gasteiger partial charge in [-0.1, -0.05) is 54.6 Å². The van der Waals surface area contributed by atoms with Gasteiger partial charge in [0.2, 0.25) is 0 Å². The Morgan fingerprint density at radius 3 is 2.33 bits per heavy atom. The second kappa shape index (κ2) is 8.27. The van der Waals surface area contributed by atoms with Gasteiger partial charge in [-0.25, -0.2) is 0 Å². The van der Waals surface area contributed by atoms with Crippen LogP contribution in [0.5, 0.6) is 0 Å². The SMILES string of the molecule is Cc1ccccc1CN1CCN(C(=S)NCc2ccccc2)CC1. The Hall–Kier alpha value is -1.91. The first kappa shape index (κ1) is 16.9. The van der Waals surface area contributed by atoms with Gasteiger partial charge >= 0.3 is 0 Å². The molecule has 126 valence electrons. The van der Waals surface area contributed by atoms with Crippen LogP contribution in [0.1, 0.15) is 16.7 Å². The third kappa shape index (κ3) is 4.56. The standard InChI is InChI=1S/C20H25N3S/c1-17-7-5-6-10-19(17)16-22-11-13-23(14-12-22)20(24)21-15-18-8-3-2-4-9-18/h2-10H,11-16H2,1H3,(H,21,24). The van der Waals surface area contributed by atoms with E-state index in [1.54, 1.807) is 0 Å². The summed E-state index contributed by atoms with van der Waals surface area (Å²) in [6, 6.07) is 19.0. The van der Waals surface area contributed by atoms with E-state index in [0.717, 1.165) is 44.4 Å². The highest BCUT2D eigenvalue weighted by Gasteiger charge is 2.19. The van der Waals surface area contributed by atoms with E-state index in [2.05, 4.69) is 70.6 Å². The summed E-state index contributed by atoms with van der Waals surface area (Å²) in [6.45, 7) is 8.12. The summed E-state index contributed by atoms with van der Waals surface area (Å²) in [5, 5.41) is 4.25. The number of benzene rings is 2. The molecule has 0 unspecified atom stereocenters. The minimum atomic E-state index is 0.795. The van der Waals surface area contributed by atoms with Gasteiger partial charge in [-0.2, -0.15) is 0 Å². The molecule has 0 atom stereocenters. The Morgan fingerprint density at radius 1 is 0.958 bits per heavy atom. The predicted molar refractivity (Wildman–Crippen MR) is 104 cm³/mol. The van der Waals surface area contributed by atoms with Gasteiger partial charge in [-0.3, -0.25) is 4.90 Å². The van der Waals surface area contributed by atoms with Crippen molar-refractivity contribution in [3.63, 3.8) is 0 Å². The number of hydrogen-bond donors (Lipinski definition) is 1. The van der Waals surface area contributed by atoms with E-state index in [4.69, 9.17) is 12.2 Å². The second-order valence-electron chi connectivity index (χ2n) is 6.33. The fraction of sp³-hybridized carbons (Fsp3) is 0.350. The summed E-state index contributed by atoms with van der Waals surface area (Å²) in [6.07, 6.45) is 0. The van der Waals surface area contributed by atoms with E-state index in [0.29, 0.717) is 0 Å². The van der Waals surface area contributed by atoms with Gasteiger partial charge in [0.15, 0.2) is 5.11 Å². The quantitative estimate of drug-likeness (QED) is 0.862. The molecule has 0 spiro atoms. The van der Waals surface area contributed by atoms with Gasteiger partial charge in [-0.05, 0) is 35.8 Å². The van der Waals surface area contributed by atoms with Crippen LogP contribution in [0.25, 0.3) is 0 Å². The maximum atomic E-state index is 5.56. The van der Waals surface area contributed by atoms with Crippen molar-refractivity contribution in [2.75, 3.05) is 26.2 Å². The molecule has 1 aliphatic rings. The van der Waals surface area contributed by atoms with Gasteiger partial charge in [0.05, 0.1) is 0 Å². The normalized spacial score (nSPS) is 15.3. The van der Waals surface area contributed by atoms with E-state index in [1.165, 1.54) is 16.7 Å². The van der Waals surface area contributed by atoms with Crippen molar-refractivity contribution < 1.29 is 0 Å². The first-order chi connectivity index (χ1) is 11.7. The zero-order valence-corrected chi connectivity index (χ0v) is 15.1. The lowest BCUT2D eigenvalue weighted by Gasteiger charge is -2.36. The van der Waals surface area contributed by atoms with Gasteiger partial charge < -0.3 is 10.2 Å². The topological polar surface area (TPSA) is 18.5 Å². The van der Waals surface area contributed by atoms with E-state index in [1.807, 2.05) is 6.07 Å². The summed E-state index contributed by atoms with van der Waals surface area (Å²) >= 11 is 5.56. The molecule has 0 radical (unpaired) electrons. The van der Waals surface area contributed by atoms with E-state index in [9.17, 15) is 0 Å². The van der Waals surface area contributed by atoms with Crippen LogP contribution in [0.4, 0.5) is 0 Å². The van der Waals surface area contributed by atoms with Crippen LogP contribution in [-0.4, -0.2) is 41.1 Å². The second-order valence-corrected chi connectivity index (χ2v) is 6.72. The lowest BCUT2D eigenvalue weighted by Crippen LogP contribution is -2.51. The summed E-state index contributed by atoms with van der Waals surface area (Å²) in [5.74, 6) is 0. The zero-order chi connectivity index (χ0) is 16.8. The molecule has 3 nitrogen and oxygen atoms in total. The number of hydrogen-bond acceptors (Lipinski definition) is 2. The molecule has 0 aromatic heterocycles. The fourth-order valence-corrected chi connectivity index (χ4v) is 3.28. The molecule has 1 heterocycles. The molecule has 1 N–H and O–H groups in total. The third-order valence-electron chi connectivity index (χ3n) is 4.60. The minimum absolute atomic E-state index is 0.795. The smallest absolute Gasteiger partial charge is 0.169 e. The van der Waals surface area contributed by atoms with Gasteiger partial charge in [0, 0.05) is 39.3 Å². The highest BCUT2D eigenvalue weighted by Crippen LogP contribution is 2.12. The number of nitrogens with one attached hydrogen (secondary N) is 1. The Balaban J connectivity index is 1.44. The first-order valence-corrected chi connectivity index (χ1v) is 8.97. The fourth-order valence-electron chi connectivity index (χ4n) is 3.02. The molecule has 1 saturated heterocycles. The Labute approximate surface area is 150 Å². The minimum Gasteiger partial charge on any atom is -0.358 e. The summed E-state index contributed by atoms with van der Waals surface area (Å²) < 4.78 is 0. The van der Waals surface area contributed by atoms with Gasteiger partial charge in [0.25, 0.3) is 0 Å². The van der Waals surface area contributed by atoms with Crippen molar-refractivity contribution in [1.82, 2.24) is 15.1 Å². The predicted octanol–water partition coefficient (Wildman–Crippen LogP) is 3.19. The molecule has 0 aliphatic carbocycles. The highest BCUT2D eigenvalue weighted by atomic mass is 32.1. The average Bonchev–Trinajstić information content (AvgIpc) is 2.63. The number of nitrogens with zero attached hydrogens (tertiary/aromatic N) is 2. The molecule has 0 bridgehead atoms. The molecule has 3 rings (SSSR count). The molecule has 1 fully saturated rings. The van der Waals surface area contributed by atoms with E-state index < -0.39 is 0 Å². The Morgan fingerprint density at radius 2 is 1.62 bits per heavy atom. The third-order valence-corrected chi connectivity index (χ3v) is 5.00. The van der Waals surface area contributed by atoms with Crippen LogP contribution in [-0.2, 0) is 13.1 Å². The van der Waals surface area contributed by atoms with Gasteiger partial charge in [-0.15, -0.1) is 0 Å². The van der Waals surface area contributed by atoms with E-state index in [-0.39, 0.29) is 0 Å². The van der Waals surface area contributed by atoms with Crippen LogP contribution < -0.4 is 5.32 Å². The van der Waals surface area contributed by atoms with Crippen molar-refractivity contribution in [1.29, 1.82) is 0 Å². The molecule has 24 heavy (non-hydrogen) atoms. The molecule has 2 aromatic carbocycles. The largest absolute Gasteiger partial charge is 0.358 e. The molecule has 1 aliphatic heterocycles. The summed E-state index contributed by atoms with van der Waals surface area (Å²) in [4.78, 5) is 4.80. The molecule has 0 amide bonds. The van der Waals surface area contributed by atoms with Crippen molar-refractivity contribution in [3.8, 4) is 0 Å². The van der Waals surface area contributed by atoms with Crippen molar-refractivity contribution in [2.45, 2.75) is 20.0 Å². The van der Waals surface area contributed by atoms with Crippen LogP contribution in [0.2, 0.25) is 0 Å². The van der Waals surface area contributed by atoms with Crippen LogP contribution in [0.3, 0.4) is 0 Å². The van der Waals surface area contributed by atoms with Crippen molar-refractivity contribution in [2.24, 2.45) is 0 Å². The maximum absolute atomic E-state index is 5.56. The van der Waals surface area contributed by atoms with Crippen LogP contribution >= 0.6 is 12.2 Å². The number of aryl methyl sites for hydroxylation is 1. The molecule has 2 aromatic rings. The van der Waals surface area contributed by atoms with E-state index >= 15 is 0 Å². The lowest BCUT2D eigenvalue weighted by atomic mass is 10.1. The van der Waals surface area contributed by atoms with Crippen LogP contribution in [0.15, 0.2) is 54.6 Å². The highest BCUT2D eigenvalue weighted by molar-refractivity contribution is 7.80. The summed E-state index contributed by atoms with van der Waals surface area (Å²) in [5.41, 5.74) is 4.06. The van der Waals surface area contributed by atoms with Gasteiger partial charge in [0.1, 0.15) is 0 Å². The molecular formula is C20H25N3S. The first-order valence-electron chi connectivity index (χ1n) is 8.56. The average molecular weight is 340 g/mol. The van der Waals surface area contributed by atoms with Crippen molar-refractivity contribution >= 4 is 17.3 Å². The Kier molecular flexibility index (Phi) is 5.83. The zero-order valence-electron chi connectivity index (χ0n) is 14.2. The molecule has 0 saturated carbocycles. The Bertz CT molecular complexity index is 664. The number of piperazine rings is 1. The molecule has 4 heteroatoms. The number of thiocarbonyl (C=S) groups is 1. The molecular weight excluding hydrogens is 314 g/mol. The maximum Gasteiger partial charge on any atom is 0.169 e. The monoisotopic (exact) mass is 339 g/mol. The van der Waals surface area contributed by atoms with Crippen molar-refractivity contribution in [3.05, 3.63) is 71.3 Å². The lowest BCUT2D eigenvalue weighted by molar-refractivity contribution is 0.174.